The van der Waals surface area contributed by atoms with Gasteiger partial charge in [0.1, 0.15) is 17.5 Å². The summed E-state index contributed by atoms with van der Waals surface area (Å²) in [5.74, 6) is 0.708. The number of ether oxygens (including phenoxy) is 1. The fourth-order valence-electron chi connectivity index (χ4n) is 3.99. The van der Waals surface area contributed by atoms with E-state index in [1.54, 1.807) is 6.20 Å². The lowest BCUT2D eigenvalue weighted by Gasteiger charge is -2.27. The summed E-state index contributed by atoms with van der Waals surface area (Å²) in [6, 6.07) is 20.3. The molecule has 4 rings (SSSR count). The zero-order valence-electron chi connectivity index (χ0n) is 18.7. The molecule has 2 heterocycles. The van der Waals surface area contributed by atoms with Crippen molar-refractivity contribution in [2.75, 3.05) is 0 Å². The maximum Gasteiger partial charge on any atom is 0.234 e. The largest absolute Gasteiger partial charge is 0.483 e. The number of aromatic nitrogens is 3. The lowest BCUT2D eigenvalue weighted by molar-refractivity contribution is 0.144. The molecular weight excluding hydrogens is 453 g/mol. The van der Waals surface area contributed by atoms with Crippen LogP contribution in [0.15, 0.2) is 66.9 Å². The maximum absolute atomic E-state index is 14.0. The van der Waals surface area contributed by atoms with E-state index in [9.17, 15) is 9.65 Å². The lowest BCUT2D eigenvalue weighted by atomic mass is 10.0. The molecule has 2 aromatic carbocycles. The minimum absolute atomic E-state index is 0.0760. The first-order chi connectivity index (χ1) is 16.4. The summed E-state index contributed by atoms with van der Waals surface area (Å²) in [7, 11) is 0. The highest BCUT2D eigenvalue weighted by Gasteiger charge is 2.28. The second kappa shape index (κ2) is 10.6. The minimum Gasteiger partial charge on any atom is -0.483 e. The summed E-state index contributed by atoms with van der Waals surface area (Å²) >= 11 is 6.03. The number of hydrogen-bond acceptors (Lipinski definition) is 5. The van der Waals surface area contributed by atoms with E-state index in [1.807, 2.05) is 71.3 Å². The monoisotopic (exact) mass is 477 g/mol. The molecule has 8 heteroatoms. The Balaban J connectivity index is 1.78. The predicted molar refractivity (Wildman–Crippen MR) is 130 cm³/mol. The van der Waals surface area contributed by atoms with E-state index >= 15 is 0 Å². The van der Waals surface area contributed by atoms with E-state index in [0.29, 0.717) is 29.4 Å². The van der Waals surface area contributed by atoms with Crippen LogP contribution in [0, 0.1) is 11.3 Å². The van der Waals surface area contributed by atoms with Gasteiger partial charge in [0.25, 0.3) is 0 Å². The smallest absolute Gasteiger partial charge is 0.234 e. The quantitative estimate of drug-likeness (QED) is 0.349. The Morgan fingerprint density at radius 1 is 1.18 bits per heavy atom. The third-order valence-electron chi connectivity index (χ3n) is 5.59. The Morgan fingerprint density at radius 2 is 1.91 bits per heavy atom. The Bertz CT molecular complexity index is 1280. The highest BCUT2D eigenvalue weighted by molar-refractivity contribution is 6.30. The molecule has 34 heavy (non-hydrogen) atoms. The van der Waals surface area contributed by atoms with Gasteiger partial charge in [-0.25, -0.2) is 14.4 Å². The summed E-state index contributed by atoms with van der Waals surface area (Å²) in [5.41, 5.74) is 8.94. The van der Waals surface area contributed by atoms with Crippen molar-refractivity contribution in [3.63, 3.8) is 0 Å². The number of nitrogens with zero attached hydrogens (tertiary/aromatic N) is 4. The molecule has 0 aliphatic carbocycles. The van der Waals surface area contributed by atoms with Gasteiger partial charge in [-0.15, -0.1) is 0 Å². The van der Waals surface area contributed by atoms with Crippen LogP contribution in [0.3, 0.4) is 0 Å². The number of aryl methyl sites for hydroxylation is 2. The van der Waals surface area contributed by atoms with Crippen molar-refractivity contribution in [2.45, 2.75) is 44.6 Å². The molecule has 3 atom stereocenters. The van der Waals surface area contributed by atoms with Crippen molar-refractivity contribution >= 4 is 22.6 Å². The van der Waals surface area contributed by atoms with Gasteiger partial charge in [0.15, 0.2) is 6.10 Å². The second-order valence-corrected chi connectivity index (χ2v) is 8.65. The third-order valence-corrected chi connectivity index (χ3v) is 5.84. The summed E-state index contributed by atoms with van der Waals surface area (Å²) in [5, 5.41) is 10.8. The standard InChI is InChI=1S/C26H25ClFN5O/c1-17(28)13-22(30)25(34-21-5-3-2-4-6-21)23-14-19-16-31-24(15-29)32-26(19)33(23)12-11-18-7-9-20(27)10-8-18/h2-10,14,16-17,22,25H,11-13,30H2,1H3. The van der Waals surface area contributed by atoms with Crippen LogP contribution in [0.5, 0.6) is 5.75 Å². The number of hydrogen-bond donors (Lipinski definition) is 1. The molecule has 2 N–H and O–H groups in total. The molecule has 0 spiro atoms. The first-order valence-electron chi connectivity index (χ1n) is 11.1. The van der Waals surface area contributed by atoms with Gasteiger partial charge >= 0.3 is 0 Å². The van der Waals surface area contributed by atoms with Gasteiger partial charge in [-0.05, 0) is 55.7 Å². The fraction of sp³-hybridized carbons (Fsp3) is 0.269. The van der Waals surface area contributed by atoms with Crippen LogP contribution in [-0.4, -0.2) is 26.7 Å². The summed E-state index contributed by atoms with van der Waals surface area (Å²) < 4.78 is 22.3. The van der Waals surface area contributed by atoms with Crippen LogP contribution in [-0.2, 0) is 13.0 Å². The molecule has 6 nitrogen and oxygen atoms in total. The predicted octanol–water partition coefficient (Wildman–Crippen LogP) is 5.39. The first kappa shape index (κ1) is 23.7. The summed E-state index contributed by atoms with van der Waals surface area (Å²) in [4.78, 5) is 8.56. The van der Waals surface area contributed by atoms with Crippen molar-refractivity contribution in [1.29, 1.82) is 5.26 Å². The molecule has 4 aromatic rings. The topological polar surface area (TPSA) is 89.8 Å². The van der Waals surface area contributed by atoms with Gasteiger partial charge in [-0.3, -0.25) is 0 Å². The highest BCUT2D eigenvalue weighted by atomic mass is 35.5. The van der Waals surface area contributed by atoms with E-state index in [1.165, 1.54) is 6.92 Å². The summed E-state index contributed by atoms with van der Waals surface area (Å²) in [6.45, 7) is 2.04. The molecule has 0 fully saturated rings. The zero-order valence-corrected chi connectivity index (χ0v) is 19.5. The van der Waals surface area contributed by atoms with E-state index in [4.69, 9.17) is 22.1 Å². The van der Waals surface area contributed by atoms with Crippen LogP contribution in [0.4, 0.5) is 4.39 Å². The maximum atomic E-state index is 14.0. The Morgan fingerprint density at radius 3 is 2.59 bits per heavy atom. The first-order valence-corrected chi connectivity index (χ1v) is 11.4. The highest BCUT2D eigenvalue weighted by Crippen LogP contribution is 2.31. The van der Waals surface area contributed by atoms with Crippen molar-refractivity contribution in [1.82, 2.24) is 14.5 Å². The van der Waals surface area contributed by atoms with Gasteiger partial charge in [0.05, 0.1) is 17.9 Å². The van der Waals surface area contributed by atoms with Crippen molar-refractivity contribution in [3.05, 3.63) is 89.0 Å². The molecule has 0 amide bonds. The summed E-state index contributed by atoms with van der Waals surface area (Å²) in [6.07, 6.45) is 0.712. The van der Waals surface area contributed by atoms with Crippen LogP contribution in [0.2, 0.25) is 5.02 Å². The molecule has 0 aliphatic heterocycles. The van der Waals surface area contributed by atoms with E-state index < -0.39 is 18.3 Å². The van der Waals surface area contributed by atoms with Gasteiger partial charge in [0, 0.05) is 23.2 Å². The van der Waals surface area contributed by atoms with Crippen LogP contribution < -0.4 is 10.5 Å². The van der Waals surface area contributed by atoms with E-state index in [-0.39, 0.29) is 12.2 Å². The molecular formula is C26H25ClFN5O. The number of nitriles is 1. The van der Waals surface area contributed by atoms with Gasteiger partial charge in [-0.1, -0.05) is 41.9 Å². The zero-order chi connectivity index (χ0) is 24.1. The van der Waals surface area contributed by atoms with Crippen LogP contribution in [0.1, 0.15) is 36.5 Å². The van der Waals surface area contributed by atoms with Crippen molar-refractivity contribution in [2.24, 2.45) is 5.73 Å². The number of benzene rings is 2. The number of nitrogens with two attached hydrogens (primary N) is 1. The number of halogens is 2. The molecule has 0 bridgehead atoms. The number of para-hydroxylation sites is 1. The van der Waals surface area contributed by atoms with Crippen molar-refractivity contribution < 1.29 is 9.13 Å². The number of fused-ring (bicyclic) bond motifs is 1. The Kier molecular flexibility index (Phi) is 7.41. The third kappa shape index (κ3) is 5.53. The van der Waals surface area contributed by atoms with E-state index in [0.717, 1.165) is 16.6 Å². The van der Waals surface area contributed by atoms with Crippen molar-refractivity contribution in [3.8, 4) is 11.8 Å². The molecule has 0 saturated carbocycles. The molecule has 0 saturated heterocycles. The number of alkyl halides is 1. The lowest BCUT2D eigenvalue weighted by Crippen LogP contribution is -2.35. The van der Waals surface area contributed by atoms with Crippen LogP contribution in [0.25, 0.3) is 11.0 Å². The molecule has 0 radical (unpaired) electrons. The number of rotatable bonds is 9. The average molecular weight is 478 g/mol. The van der Waals surface area contributed by atoms with Gasteiger partial charge in [0.2, 0.25) is 5.82 Å². The Labute approximate surface area is 202 Å². The molecule has 174 valence electrons. The second-order valence-electron chi connectivity index (χ2n) is 8.21. The van der Waals surface area contributed by atoms with Crippen LogP contribution >= 0.6 is 11.6 Å². The SMILES string of the molecule is CC(F)CC(N)C(Oc1ccccc1)c1cc2cnc(C#N)nc2n1CCc1ccc(Cl)cc1. The fourth-order valence-corrected chi connectivity index (χ4v) is 4.11. The minimum atomic E-state index is -1.09. The van der Waals surface area contributed by atoms with Gasteiger partial charge in [-0.2, -0.15) is 5.26 Å². The molecule has 2 aromatic heterocycles. The molecule has 0 aliphatic rings. The normalized spacial score (nSPS) is 13.9. The molecule has 3 unspecified atom stereocenters. The van der Waals surface area contributed by atoms with E-state index in [2.05, 4.69) is 9.97 Å². The Hall–Kier alpha value is -3.47. The average Bonchev–Trinajstić information content (AvgIpc) is 3.19. The van der Waals surface area contributed by atoms with Gasteiger partial charge < -0.3 is 15.0 Å².